The Bertz CT molecular complexity index is 1420. The first-order valence-corrected chi connectivity index (χ1v) is 11.9. The molecule has 1 aliphatic rings. The first-order chi connectivity index (χ1) is 17.5. The van der Waals surface area contributed by atoms with Crippen LogP contribution in [0, 0.1) is 6.92 Å². The van der Waals surface area contributed by atoms with Crippen LogP contribution in [0.2, 0.25) is 0 Å². The molecule has 36 heavy (non-hydrogen) atoms. The molecule has 0 atom stereocenters. The summed E-state index contributed by atoms with van der Waals surface area (Å²) in [6.45, 7) is 5.49. The number of para-hydroxylation sites is 1. The number of anilines is 2. The number of piperazine rings is 1. The minimum Gasteiger partial charge on any atom is -0.497 e. The van der Waals surface area contributed by atoms with Crippen molar-refractivity contribution in [3.63, 3.8) is 0 Å². The summed E-state index contributed by atoms with van der Waals surface area (Å²) < 4.78 is 7.79. The molecule has 1 aliphatic heterocycles. The highest BCUT2D eigenvalue weighted by molar-refractivity contribution is 5.75. The molecule has 1 saturated heterocycles. The Morgan fingerprint density at radius 1 is 1.03 bits per heavy atom. The van der Waals surface area contributed by atoms with Crippen LogP contribution in [0.3, 0.4) is 0 Å². The van der Waals surface area contributed by atoms with Gasteiger partial charge in [0.05, 0.1) is 7.11 Å². The van der Waals surface area contributed by atoms with Gasteiger partial charge >= 0.3 is 5.69 Å². The fourth-order valence-corrected chi connectivity index (χ4v) is 4.47. The zero-order valence-electron chi connectivity index (χ0n) is 20.4. The van der Waals surface area contributed by atoms with Gasteiger partial charge in [-0.2, -0.15) is 0 Å². The zero-order valence-corrected chi connectivity index (χ0v) is 20.4. The molecule has 10 heteroatoms. The minimum atomic E-state index is -0.369. The number of hydrogen-bond acceptors (Lipinski definition) is 7. The van der Waals surface area contributed by atoms with Gasteiger partial charge in [-0.25, -0.2) is 18.9 Å². The molecular weight excluding hydrogens is 458 g/mol. The van der Waals surface area contributed by atoms with E-state index in [-0.39, 0.29) is 18.1 Å². The van der Waals surface area contributed by atoms with Crippen molar-refractivity contribution in [3.8, 4) is 5.75 Å². The van der Waals surface area contributed by atoms with E-state index in [9.17, 15) is 9.59 Å². The standard InChI is InChI=1S/C26H29N7O3/c1-19-5-3-4-6-22(19)30-13-15-31(16-14-30)24-25-29-33(26(35)32(25)12-11-27-24)18-23(34)28-17-20-7-9-21(36-2)10-8-20/h3-12H,13-18H2,1-2H3,(H,28,34). The fourth-order valence-electron chi connectivity index (χ4n) is 4.47. The van der Waals surface area contributed by atoms with Crippen molar-refractivity contribution in [2.75, 3.05) is 43.1 Å². The Kier molecular flexibility index (Phi) is 6.57. The van der Waals surface area contributed by atoms with Crippen molar-refractivity contribution >= 4 is 23.1 Å². The van der Waals surface area contributed by atoms with Crippen LogP contribution in [0.1, 0.15) is 11.1 Å². The van der Waals surface area contributed by atoms with Gasteiger partial charge in [0, 0.05) is 50.8 Å². The Labute approximate surface area is 208 Å². The number of fused-ring (bicyclic) bond motifs is 1. The highest BCUT2D eigenvalue weighted by Gasteiger charge is 2.23. The van der Waals surface area contributed by atoms with Crippen LogP contribution in [-0.4, -0.2) is 58.4 Å². The molecule has 1 N–H and O–H groups in total. The molecule has 2 aromatic heterocycles. The molecule has 10 nitrogen and oxygen atoms in total. The molecule has 186 valence electrons. The van der Waals surface area contributed by atoms with Gasteiger partial charge in [-0.05, 0) is 36.2 Å². The number of carbonyl (C=O) groups is 1. The van der Waals surface area contributed by atoms with Gasteiger partial charge in [-0.1, -0.05) is 30.3 Å². The molecule has 2 aromatic carbocycles. The summed E-state index contributed by atoms with van der Waals surface area (Å²) >= 11 is 0. The van der Waals surface area contributed by atoms with Gasteiger partial charge in [-0.3, -0.25) is 4.79 Å². The van der Waals surface area contributed by atoms with E-state index in [0.717, 1.165) is 37.5 Å². The molecule has 4 aromatic rings. The van der Waals surface area contributed by atoms with Crippen molar-refractivity contribution < 1.29 is 9.53 Å². The number of ether oxygens (including phenoxy) is 1. The first-order valence-electron chi connectivity index (χ1n) is 11.9. The molecule has 0 spiro atoms. The van der Waals surface area contributed by atoms with Crippen LogP contribution >= 0.6 is 0 Å². The average Bonchev–Trinajstić information content (AvgIpc) is 3.23. The van der Waals surface area contributed by atoms with Gasteiger partial charge < -0.3 is 19.9 Å². The van der Waals surface area contributed by atoms with E-state index in [1.165, 1.54) is 20.3 Å². The van der Waals surface area contributed by atoms with E-state index in [0.29, 0.717) is 18.0 Å². The summed E-state index contributed by atoms with van der Waals surface area (Å²) in [5.41, 5.74) is 3.51. The lowest BCUT2D eigenvalue weighted by Gasteiger charge is -2.37. The fraction of sp³-hybridized carbons (Fsp3) is 0.308. The molecular formula is C26H29N7O3. The van der Waals surface area contributed by atoms with Crippen molar-refractivity contribution in [2.24, 2.45) is 0 Å². The number of aryl methyl sites for hydroxylation is 1. The predicted octanol–water partition coefficient (Wildman–Crippen LogP) is 1.85. The summed E-state index contributed by atoms with van der Waals surface area (Å²) in [6, 6.07) is 15.8. The van der Waals surface area contributed by atoms with Crippen molar-refractivity contribution in [3.05, 3.63) is 82.5 Å². The summed E-state index contributed by atoms with van der Waals surface area (Å²) in [7, 11) is 1.61. The highest BCUT2D eigenvalue weighted by Crippen LogP contribution is 2.23. The Morgan fingerprint density at radius 2 is 1.75 bits per heavy atom. The smallest absolute Gasteiger partial charge is 0.350 e. The number of nitrogens with one attached hydrogen (secondary N) is 1. The summed E-state index contributed by atoms with van der Waals surface area (Å²) in [5, 5.41) is 7.31. The molecule has 0 radical (unpaired) electrons. The average molecular weight is 488 g/mol. The number of aromatic nitrogens is 4. The number of benzene rings is 2. The molecule has 1 fully saturated rings. The minimum absolute atomic E-state index is 0.169. The van der Waals surface area contributed by atoms with Crippen LogP contribution in [-0.2, 0) is 17.9 Å². The second-order valence-corrected chi connectivity index (χ2v) is 8.77. The van der Waals surface area contributed by atoms with E-state index >= 15 is 0 Å². The quantitative estimate of drug-likeness (QED) is 0.425. The maximum Gasteiger partial charge on any atom is 0.350 e. The number of nitrogens with zero attached hydrogens (tertiary/aromatic N) is 6. The van der Waals surface area contributed by atoms with E-state index in [4.69, 9.17) is 4.74 Å². The third kappa shape index (κ3) is 4.74. The van der Waals surface area contributed by atoms with Gasteiger partial charge in [0.25, 0.3) is 0 Å². The predicted molar refractivity (Wildman–Crippen MR) is 138 cm³/mol. The maximum atomic E-state index is 12.9. The molecule has 5 rings (SSSR count). The van der Waals surface area contributed by atoms with Crippen LogP contribution in [0.5, 0.6) is 5.75 Å². The lowest BCUT2D eigenvalue weighted by Crippen LogP contribution is -2.47. The van der Waals surface area contributed by atoms with Gasteiger partial charge in [0.1, 0.15) is 12.3 Å². The monoisotopic (exact) mass is 487 g/mol. The van der Waals surface area contributed by atoms with Crippen molar-refractivity contribution in [1.82, 2.24) is 24.5 Å². The SMILES string of the molecule is COc1ccc(CNC(=O)Cn2nc3c(N4CCN(c5ccccc5C)CC4)nccn3c2=O)cc1. The van der Waals surface area contributed by atoms with Crippen LogP contribution in [0.15, 0.2) is 65.7 Å². The number of rotatable bonds is 7. The van der Waals surface area contributed by atoms with E-state index in [2.05, 4.69) is 50.3 Å². The van der Waals surface area contributed by atoms with Gasteiger partial charge in [0.15, 0.2) is 5.82 Å². The third-order valence-electron chi connectivity index (χ3n) is 6.46. The largest absolute Gasteiger partial charge is 0.497 e. The van der Waals surface area contributed by atoms with Crippen molar-refractivity contribution in [1.29, 1.82) is 0 Å². The van der Waals surface area contributed by atoms with Crippen LogP contribution < -0.4 is 25.5 Å². The topological polar surface area (TPSA) is 97.0 Å². The summed E-state index contributed by atoms with van der Waals surface area (Å²) in [4.78, 5) is 34.5. The second-order valence-electron chi connectivity index (χ2n) is 8.77. The summed E-state index contributed by atoms with van der Waals surface area (Å²) in [5.74, 6) is 1.11. The summed E-state index contributed by atoms with van der Waals surface area (Å²) in [6.07, 6.45) is 3.19. The van der Waals surface area contributed by atoms with Crippen molar-refractivity contribution in [2.45, 2.75) is 20.0 Å². The second kappa shape index (κ2) is 10.1. The van der Waals surface area contributed by atoms with E-state index in [1.54, 1.807) is 19.5 Å². The number of carbonyl (C=O) groups excluding carboxylic acids is 1. The highest BCUT2D eigenvalue weighted by atomic mass is 16.5. The molecule has 0 saturated carbocycles. The van der Waals surface area contributed by atoms with Gasteiger partial charge in [0.2, 0.25) is 11.6 Å². The number of methoxy groups -OCH3 is 1. The third-order valence-corrected chi connectivity index (χ3v) is 6.46. The first kappa shape index (κ1) is 23.4. The van der Waals surface area contributed by atoms with Crippen LogP contribution in [0.4, 0.5) is 11.5 Å². The van der Waals surface area contributed by atoms with E-state index in [1.807, 2.05) is 30.3 Å². The number of amides is 1. The molecule has 0 bridgehead atoms. The zero-order chi connectivity index (χ0) is 25.1. The molecule has 1 amide bonds. The molecule has 0 aliphatic carbocycles. The lowest BCUT2D eigenvalue weighted by molar-refractivity contribution is -0.122. The molecule has 0 unspecified atom stereocenters. The maximum absolute atomic E-state index is 12.9. The van der Waals surface area contributed by atoms with Gasteiger partial charge in [-0.15, -0.1) is 5.10 Å². The lowest BCUT2D eigenvalue weighted by atomic mass is 10.1. The number of hydrogen-bond donors (Lipinski definition) is 1. The Morgan fingerprint density at radius 3 is 2.47 bits per heavy atom. The Hall–Kier alpha value is -4.34. The van der Waals surface area contributed by atoms with E-state index < -0.39 is 0 Å². The van der Waals surface area contributed by atoms with Crippen LogP contribution in [0.25, 0.3) is 5.65 Å². The normalized spacial score (nSPS) is 13.7. The molecule has 3 heterocycles. The Balaban J connectivity index is 1.27.